The molecule has 0 fully saturated rings. The second-order valence-electron chi connectivity index (χ2n) is 5.53. The van der Waals surface area contributed by atoms with Crippen LogP contribution < -0.4 is 20.7 Å². The molecule has 27 heavy (non-hydrogen) atoms. The van der Waals surface area contributed by atoms with E-state index < -0.39 is 0 Å². The van der Waals surface area contributed by atoms with E-state index in [0.29, 0.717) is 19.0 Å². The van der Waals surface area contributed by atoms with Crippen LogP contribution in [-0.4, -0.2) is 32.6 Å². The van der Waals surface area contributed by atoms with E-state index in [9.17, 15) is 9.18 Å². The molecule has 0 atom stereocenters. The molecule has 2 aromatic carbocycles. The first kappa shape index (κ1) is 22.7. The van der Waals surface area contributed by atoms with E-state index in [1.807, 2.05) is 30.3 Å². The maximum atomic E-state index is 13.2. The van der Waals surface area contributed by atoms with Gasteiger partial charge in [-0.2, -0.15) is 0 Å². The van der Waals surface area contributed by atoms with Crippen LogP contribution in [0.15, 0.2) is 53.5 Å². The number of nitrogens with one attached hydrogen (secondary N) is 3. The van der Waals surface area contributed by atoms with Crippen LogP contribution in [-0.2, 0) is 17.9 Å². The minimum absolute atomic E-state index is 0. The monoisotopic (exact) mass is 486 g/mol. The zero-order valence-corrected chi connectivity index (χ0v) is 17.6. The third kappa shape index (κ3) is 8.25. The fourth-order valence-corrected chi connectivity index (χ4v) is 2.22. The van der Waals surface area contributed by atoms with Crippen LogP contribution in [0.2, 0.25) is 0 Å². The molecular weight excluding hydrogens is 462 g/mol. The molecule has 146 valence electrons. The predicted octanol–water partition coefficient (Wildman–Crippen LogP) is 2.43. The largest absolute Gasteiger partial charge is 0.497 e. The van der Waals surface area contributed by atoms with Crippen molar-refractivity contribution in [3.05, 3.63) is 65.5 Å². The van der Waals surface area contributed by atoms with Crippen LogP contribution in [0.1, 0.15) is 11.1 Å². The highest BCUT2D eigenvalue weighted by Gasteiger charge is 2.04. The van der Waals surface area contributed by atoms with Gasteiger partial charge in [-0.05, 0) is 35.4 Å². The lowest BCUT2D eigenvalue weighted by Crippen LogP contribution is -2.42. The fourth-order valence-electron chi connectivity index (χ4n) is 2.22. The van der Waals surface area contributed by atoms with Crippen molar-refractivity contribution in [2.24, 2.45) is 4.99 Å². The number of carbonyl (C=O) groups excluding carboxylic acids is 1. The first-order chi connectivity index (χ1) is 12.6. The lowest BCUT2D eigenvalue weighted by molar-refractivity contribution is -0.120. The Morgan fingerprint density at radius 2 is 1.74 bits per heavy atom. The summed E-state index contributed by atoms with van der Waals surface area (Å²) >= 11 is 0. The van der Waals surface area contributed by atoms with Crippen molar-refractivity contribution < 1.29 is 13.9 Å². The Bertz CT molecular complexity index is 754. The number of carbonyl (C=O) groups is 1. The highest BCUT2D eigenvalue weighted by Crippen LogP contribution is 2.10. The number of ether oxygens (including phenoxy) is 1. The molecule has 0 spiro atoms. The van der Waals surface area contributed by atoms with Crippen LogP contribution in [0.25, 0.3) is 0 Å². The first-order valence-corrected chi connectivity index (χ1v) is 8.19. The number of halogens is 2. The second kappa shape index (κ2) is 12.1. The summed E-state index contributed by atoms with van der Waals surface area (Å²) in [5.41, 5.74) is 1.77. The molecule has 0 saturated carbocycles. The van der Waals surface area contributed by atoms with Crippen molar-refractivity contribution >= 4 is 35.8 Å². The topological polar surface area (TPSA) is 74.8 Å². The number of rotatable bonds is 7. The van der Waals surface area contributed by atoms with Crippen molar-refractivity contribution in [2.75, 3.05) is 20.7 Å². The number of aliphatic imine (C=N–C) groups is 1. The molecule has 3 N–H and O–H groups in total. The van der Waals surface area contributed by atoms with Crippen molar-refractivity contribution in [1.29, 1.82) is 0 Å². The quantitative estimate of drug-likeness (QED) is 0.320. The summed E-state index contributed by atoms with van der Waals surface area (Å²) in [5.74, 6) is 0.795. The van der Waals surface area contributed by atoms with Crippen LogP contribution in [0, 0.1) is 5.82 Å². The van der Waals surface area contributed by atoms with Gasteiger partial charge in [0.25, 0.3) is 0 Å². The molecule has 2 aromatic rings. The summed E-state index contributed by atoms with van der Waals surface area (Å²) in [6, 6.07) is 13.8. The Kier molecular flexibility index (Phi) is 10.2. The van der Waals surface area contributed by atoms with E-state index in [1.54, 1.807) is 20.2 Å². The van der Waals surface area contributed by atoms with Crippen LogP contribution in [0.4, 0.5) is 4.39 Å². The maximum absolute atomic E-state index is 13.2. The average molecular weight is 486 g/mol. The minimum atomic E-state index is -0.287. The maximum Gasteiger partial charge on any atom is 0.239 e. The summed E-state index contributed by atoms with van der Waals surface area (Å²) in [4.78, 5) is 16.0. The van der Waals surface area contributed by atoms with Crippen molar-refractivity contribution in [2.45, 2.75) is 13.1 Å². The van der Waals surface area contributed by atoms with Crippen molar-refractivity contribution in [3.8, 4) is 5.75 Å². The number of hydrogen-bond acceptors (Lipinski definition) is 3. The SMILES string of the molecule is CN=C(NCC(=O)NCc1ccc(OC)cc1)NCc1cccc(F)c1.I. The molecule has 2 rings (SSSR count). The predicted molar refractivity (Wildman–Crippen MR) is 115 cm³/mol. The van der Waals surface area contributed by atoms with Gasteiger partial charge >= 0.3 is 0 Å². The van der Waals surface area contributed by atoms with E-state index in [-0.39, 0.29) is 42.2 Å². The molecule has 0 bridgehead atoms. The van der Waals surface area contributed by atoms with E-state index in [1.165, 1.54) is 12.1 Å². The van der Waals surface area contributed by atoms with E-state index in [2.05, 4.69) is 20.9 Å². The molecule has 0 saturated heterocycles. The summed E-state index contributed by atoms with van der Waals surface area (Å²) in [5, 5.41) is 8.78. The van der Waals surface area contributed by atoms with Gasteiger partial charge in [-0.3, -0.25) is 9.79 Å². The van der Waals surface area contributed by atoms with Gasteiger partial charge in [0.2, 0.25) is 5.91 Å². The molecular formula is C19H24FIN4O2. The van der Waals surface area contributed by atoms with Crippen LogP contribution >= 0.6 is 24.0 Å². The molecule has 0 aromatic heterocycles. The second-order valence-corrected chi connectivity index (χ2v) is 5.53. The Balaban J connectivity index is 0.00000364. The number of hydrogen-bond donors (Lipinski definition) is 3. The smallest absolute Gasteiger partial charge is 0.239 e. The molecule has 0 aliphatic rings. The van der Waals surface area contributed by atoms with Gasteiger partial charge in [-0.15, -0.1) is 24.0 Å². The summed E-state index contributed by atoms with van der Waals surface area (Å²) in [7, 11) is 3.22. The lowest BCUT2D eigenvalue weighted by Gasteiger charge is -2.12. The molecule has 0 aliphatic heterocycles. The third-order valence-electron chi connectivity index (χ3n) is 3.64. The first-order valence-electron chi connectivity index (χ1n) is 8.19. The summed E-state index contributed by atoms with van der Waals surface area (Å²) < 4.78 is 18.3. The number of nitrogens with zero attached hydrogens (tertiary/aromatic N) is 1. The Labute approximate surface area is 175 Å². The Morgan fingerprint density at radius 3 is 2.37 bits per heavy atom. The van der Waals surface area contributed by atoms with Gasteiger partial charge in [0.1, 0.15) is 11.6 Å². The van der Waals surface area contributed by atoms with Gasteiger partial charge in [0.15, 0.2) is 5.96 Å². The van der Waals surface area contributed by atoms with Gasteiger partial charge in [0, 0.05) is 20.1 Å². The molecule has 8 heteroatoms. The van der Waals surface area contributed by atoms with Gasteiger partial charge in [-0.25, -0.2) is 4.39 Å². The fraction of sp³-hybridized carbons (Fsp3) is 0.263. The molecule has 0 heterocycles. The Hall–Kier alpha value is -2.36. The molecule has 0 unspecified atom stereocenters. The minimum Gasteiger partial charge on any atom is -0.497 e. The Morgan fingerprint density at radius 1 is 1.04 bits per heavy atom. The van der Waals surface area contributed by atoms with Crippen LogP contribution in [0.5, 0.6) is 5.75 Å². The highest BCUT2D eigenvalue weighted by molar-refractivity contribution is 14.0. The van der Waals surface area contributed by atoms with Gasteiger partial charge in [0.05, 0.1) is 13.7 Å². The van der Waals surface area contributed by atoms with E-state index in [0.717, 1.165) is 16.9 Å². The highest BCUT2D eigenvalue weighted by atomic mass is 127. The van der Waals surface area contributed by atoms with Crippen molar-refractivity contribution in [1.82, 2.24) is 16.0 Å². The van der Waals surface area contributed by atoms with E-state index >= 15 is 0 Å². The van der Waals surface area contributed by atoms with Crippen molar-refractivity contribution in [3.63, 3.8) is 0 Å². The molecule has 0 aliphatic carbocycles. The summed E-state index contributed by atoms with van der Waals surface area (Å²) in [6.07, 6.45) is 0. The zero-order valence-electron chi connectivity index (χ0n) is 15.3. The number of amides is 1. The standard InChI is InChI=1S/C19H23FN4O2.HI/c1-21-19(23-12-15-4-3-5-16(20)10-15)24-13-18(25)22-11-14-6-8-17(26-2)9-7-14;/h3-10H,11-13H2,1-2H3,(H,22,25)(H2,21,23,24);1H. The number of methoxy groups -OCH3 is 1. The third-order valence-corrected chi connectivity index (χ3v) is 3.64. The van der Waals surface area contributed by atoms with Gasteiger partial charge in [-0.1, -0.05) is 24.3 Å². The lowest BCUT2D eigenvalue weighted by atomic mass is 10.2. The number of guanidine groups is 1. The molecule has 1 amide bonds. The molecule has 6 nitrogen and oxygen atoms in total. The zero-order chi connectivity index (χ0) is 18.8. The van der Waals surface area contributed by atoms with Crippen LogP contribution in [0.3, 0.4) is 0 Å². The molecule has 0 radical (unpaired) electrons. The van der Waals surface area contributed by atoms with Gasteiger partial charge < -0.3 is 20.7 Å². The summed E-state index contributed by atoms with van der Waals surface area (Å²) in [6.45, 7) is 0.920. The normalized spacial score (nSPS) is 10.6. The van der Waals surface area contributed by atoms with E-state index in [4.69, 9.17) is 4.74 Å². The average Bonchev–Trinajstić information content (AvgIpc) is 2.67. The number of benzene rings is 2.